The van der Waals surface area contributed by atoms with Crippen LogP contribution in [0.5, 0.6) is 0 Å². The zero-order valence-electron chi connectivity index (χ0n) is 17.1. The Hall–Kier alpha value is -2.84. The lowest BCUT2D eigenvalue weighted by atomic mass is 9.98. The Kier molecular flexibility index (Phi) is 7.12. The number of urea groups is 1. The van der Waals surface area contributed by atoms with Crippen LogP contribution in [0.25, 0.3) is 0 Å². The topological polar surface area (TPSA) is 97.1 Å². The summed E-state index contributed by atoms with van der Waals surface area (Å²) in [5.74, 6) is -0.198. The highest BCUT2D eigenvalue weighted by Crippen LogP contribution is 2.32. The largest absolute Gasteiger partial charge is 0.352 e. The van der Waals surface area contributed by atoms with E-state index in [4.69, 9.17) is 5.73 Å². The Morgan fingerprint density at radius 2 is 1.90 bits per heavy atom. The highest BCUT2D eigenvalue weighted by Gasteiger charge is 2.19. The third kappa shape index (κ3) is 5.84. The van der Waals surface area contributed by atoms with Gasteiger partial charge in [0.05, 0.1) is 12.5 Å². The lowest BCUT2D eigenvalue weighted by molar-refractivity contribution is -0.116. The standard InChI is InChI=1S/C22H24N4O2S2/c1-13-6-4-5-7-17(13)19(26-21(23)28)11-20(27)25-18-9-8-16(10-14(18)2)30-22-24-15(3)12-29-22/h4-10,12,19H,11H2,1-3H3,(H,25,27)(H3,23,26,28). The first kappa shape index (κ1) is 21.9. The number of amides is 3. The van der Waals surface area contributed by atoms with Crippen LogP contribution in [0, 0.1) is 20.8 Å². The second kappa shape index (κ2) is 9.77. The van der Waals surface area contributed by atoms with Crippen LogP contribution in [0.15, 0.2) is 57.1 Å². The molecule has 0 saturated carbocycles. The fourth-order valence-electron chi connectivity index (χ4n) is 3.09. The van der Waals surface area contributed by atoms with Crippen LogP contribution in [0.4, 0.5) is 10.5 Å². The zero-order valence-corrected chi connectivity index (χ0v) is 18.7. The molecular weight excluding hydrogens is 416 g/mol. The van der Waals surface area contributed by atoms with Gasteiger partial charge in [-0.05, 0) is 55.7 Å². The number of nitrogens with two attached hydrogens (primary N) is 1. The quantitative estimate of drug-likeness (QED) is 0.484. The average molecular weight is 441 g/mol. The van der Waals surface area contributed by atoms with E-state index >= 15 is 0 Å². The molecule has 4 N–H and O–H groups in total. The fraction of sp³-hybridized carbons (Fsp3) is 0.227. The molecule has 1 heterocycles. The van der Waals surface area contributed by atoms with Gasteiger partial charge in [0.2, 0.25) is 5.91 Å². The van der Waals surface area contributed by atoms with Gasteiger partial charge in [0.25, 0.3) is 0 Å². The van der Waals surface area contributed by atoms with Crippen molar-refractivity contribution in [2.75, 3.05) is 5.32 Å². The molecule has 0 radical (unpaired) electrons. The summed E-state index contributed by atoms with van der Waals surface area (Å²) in [7, 11) is 0. The van der Waals surface area contributed by atoms with Crippen molar-refractivity contribution in [1.82, 2.24) is 10.3 Å². The molecule has 6 nitrogen and oxygen atoms in total. The summed E-state index contributed by atoms with van der Waals surface area (Å²) in [5.41, 5.74) is 9.88. The minimum atomic E-state index is -0.661. The molecule has 1 aromatic heterocycles. The van der Waals surface area contributed by atoms with Gasteiger partial charge >= 0.3 is 6.03 Å². The van der Waals surface area contributed by atoms with Crippen molar-refractivity contribution < 1.29 is 9.59 Å². The Morgan fingerprint density at radius 1 is 1.13 bits per heavy atom. The number of primary amides is 1. The summed E-state index contributed by atoms with van der Waals surface area (Å²) in [6, 6.07) is 12.3. The fourth-order valence-corrected chi connectivity index (χ4v) is 5.00. The first-order chi connectivity index (χ1) is 14.3. The van der Waals surface area contributed by atoms with E-state index in [0.717, 1.165) is 37.3 Å². The van der Waals surface area contributed by atoms with E-state index in [9.17, 15) is 9.59 Å². The van der Waals surface area contributed by atoms with Crippen LogP contribution in [0.1, 0.15) is 34.8 Å². The van der Waals surface area contributed by atoms with Gasteiger partial charge in [-0.25, -0.2) is 9.78 Å². The molecule has 0 saturated heterocycles. The molecule has 3 amide bonds. The van der Waals surface area contributed by atoms with E-state index in [0.29, 0.717) is 0 Å². The summed E-state index contributed by atoms with van der Waals surface area (Å²) in [4.78, 5) is 29.7. The normalized spacial score (nSPS) is 11.7. The lowest BCUT2D eigenvalue weighted by Crippen LogP contribution is -2.35. The van der Waals surface area contributed by atoms with Gasteiger partial charge in [-0.15, -0.1) is 11.3 Å². The molecule has 1 atom stereocenters. The minimum absolute atomic E-state index is 0.0854. The highest BCUT2D eigenvalue weighted by molar-refractivity contribution is 8.01. The lowest BCUT2D eigenvalue weighted by Gasteiger charge is -2.20. The maximum Gasteiger partial charge on any atom is 0.312 e. The number of carbonyl (C=O) groups excluding carboxylic acids is 2. The van der Waals surface area contributed by atoms with E-state index in [-0.39, 0.29) is 12.3 Å². The van der Waals surface area contributed by atoms with Crippen LogP contribution < -0.4 is 16.4 Å². The van der Waals surface area contributed by atoms with Crippen LogP contribution in [0.2, 0.25) is 0 Å². The van der Waals surface area contributed by atoms with Gasteiger partial charge in [0.1, 0.15) is 0 Å². The first-order valence-corrected chi connectivity index (χ1v) is 11.1. The van der Waals surface area contributed by atoms with Crippen LogP contribution in [-0.4, -0.2) is 16.9 Å². The SMILES string of the molecule is Cc1csc(Sc2ccc(NC(=O)CC(NC(N)=O)c3ccccc3C)c(C)c2)n1. The smallest absolute Gasteiger partial charge is 0.312 e. The summed E-state index contributed by atoms with van der Waals surface area (Å²) in [6.07, 6.45) is 0.0854. The van der Waals surface area contributed by atoms with Crippen molar-refractivity contribution >= 4 is 40.7 Å². The third-order valence-electron chi connectivity index (χ3n) is 4.54. The van der Waals surface area contributed by atoms with E-state index in [1.807, 2.05) is 68.6 Å². The Bertz CT molecular complexity index is 1060. The third-order valence-corrected chi connectivity index (χ3v) is 6.59. The Morgan fingerprint density at radius 3 is 2.53 bits per heavy atom. The van der Waals surface area contributed by atoms with E-state index in [1.54, 1.807) is 23.1 Å². The van der Waals surface area contributed by atoms with Crippen molar-refractivity contribution in [3.8, 4) is 0 Å². The Labute approximate surface area is 184 Å². The summed E-state index contributed by atoms with van der Waals surface area (Å²) >= 11 is 3.21. The highest BCUT2D eigenvalue weighted by atomic mass is 32.2. The number of nitrogens with zero attached hydrogens (tertiary/aromatic N) is 1. The summed E-state index contributed by atoms with van der Waals surface area (Å²) < 4.78 is 0.988. The molecular formula is C22H24N4O2S2. The molecule has 2 aromatic carbocycles. The molecule has 0 bridgehead atoms. The van der Waals surface area contributed by atoms with Gasteiger partial charge in [0.15, 0.2) is 4.34 Å². The van der Waals surface area contributed by atoms with E-state index in [1.165, 1.54) is 0 Å². The molecule has 30 heavy (non-hydrogen) atoms. The second-order valence-electron chi connectivity index (χ2n) is 7.00. The molecule has 3 rings (SSSR count). The summed E-state index contributed by atoms with van der Waals surface area (Å²) in [6.45, 7) is 5.86. The Balaban J connectivity index is 1.69. The first-order valence-electron chi connectivity index (χ1n) is 9.44. The molecule has 0 spiro atoms. The molecule has 3 aromatic rings. The van der Waals surface area contributed by atoms with Gasteiger partial charge in [0, 0.05) is 21.7 Å². The van der Waals surface area contributed by atoms with Crippen molar-refractivity contribution in [2.24, 2.45) is 5.73 Å². The number of hydrogen-bond donors (Lipinski definition) is 3. The minimum Gasteiger partial charge on any atom is -0.352 e. The number of anilines is 1. The van der Waals surface area contributed by atoms with Gasteiger partial charge in [-0.1, -0.05) is 36.0 Å². The summed E-state index contributed by atoms with van der Waals surface area (Å²) in [5, 5.41) is 7.64. The zero-order chi connectivity index (χ0) is 21.7. The van der Waals surface area contributed by atoms with Crippen LogP contribution >= 0.6 is 23.1 Å². The van der Waals surface area contributed by atoms with E-state index < -0.39 is 12.1 Å². The number of rotatable bonds is 7. The average Bonchev–Trinajstić information content (AvgIpc) is 3.08. The monoisotopic (exact) mass is 440 g/mol. The van der Waals surface area contributed by atoms with Crippen LogP contribution in [0.3, 0.4) is 0 Å². The molecule has 0 aliphatic carbocycles. The molecule has 0 aliphatic heterocycles. The maximum atomic E-state index is 12.7. The molecule has 0 aliphatic rings. The van der Waals surface area contributed by atoms with Gasteiger partial charge < -0.3 is 16.4 Å². The predicted octanol–water partition coefficient (Wildman–Crippen LogP) is 4.96. The number of thiazole rings is 1. The molecule has 156 valence electrons. The van der Waals surface area contributed by atoms with Crippen molar-refractivity contribution in [1.29, 1.82) is 0 Å². The van der Waals surface area contributed by atoms with Gasteiger partial charge in [-0.2, -0.15) is 0 Å². The molecule has 0 fully saturated rings. The number of aromatic nitrogens is 1. The van der Waals surface area contributed by atoms with Crippen molar-refractivity contribution in [3.63, 3.8) is 0 Å². The predicted molar refractivity (Wildman–Crippen MR) is 122 cm³/mol. The number of hydrogen-bond acceptors (Lipinski definition) is 5. The second-order valence-corrected chi connectivity index (χ2v) is 9.18. The number of aryl methyl sites for hydroxylation is 3. The number of benzene rings is 2. The molecule has 8 heteroatoms. The van der Waals surface area contributed by atoms with Crippen LogP contribution in [-0.2, 0) is 4.79 Å². The van der Waals surface area contributed by atoms with Crippen molar-refractivity contribution in [2.45, 2.75) is 42.5 Å². The number of carbonyl (C=O) groups is 2. The number of nitrogens with one attached hydrogen (secondary N) is 2. The molecule has 1 unspecified atom stereocenters. The van der Waals surface area contributed by atoms with E-state index in [2.05, 4.69) is 15.6 Å². The van der Waals surface area contributed by atoms with Gasteiger partial charge in [-0.3, -0.25) is 4.79 Å². The van der Waals surface area contributed by atoms with Crippen molar-refractivity contribution in [3.05, 3.63) is 70.2 Å². The maximum absolute atomic E-state index is 12.7.